The van der Waals surface area contributed by atoms with Gasteiger partial charge in [0, 0.05) is 30.9 Å². The highest BCUT2D eigenvalue weighted by Gasteiger charge is 2.18. The van der Waals surface area contributed by atoms with Gasteiger partial charge >= 0.3 is 0 Å². The Kier molecular flexibility index (Phi) is 5.11. The maximum Gasteiger partial charge on any atom is 0.253 e. The van der Waals surface area contributed by atoms with Gasteiger partial charge in [-0.15, -0.1) is 0 Å². The molecule has 3 rings (SSSR count). The molecule has 1 heterocycles. The Balaban J connectivity index is 1.78. The van der Waals surface area contributed by atoms with E-state index in [1.54, 1.807) is 37.0 Å². The monoisotopic (exact) mass is 384 g/mol. The highest BCUT2D eigenvalue weighted by Crippen LogP contribution is 2.17. The molecule has 7 nitrogen and oxygen atoms in total. The van der Waals surface area contributed by atoms with Gasteiger partial charge < -0.3 is 4.90 Å². The maximum absolute atomic E-state index is 12.7. The largest absolute Gasteiger partial charge is 0.337 e. The molecular weight excluding hydrogens is 364 g/mol. The first-order valence-corrected chi connectivity index (χ1v) is 9.78. The van der Waals surface area contributed by atoms with E-state index < -0.39 is 10.0 Å². The van der Waals surface area contributed by atoms with Crippen LogP contribution < -0.4 is 5.14 Å². The minimum absolute atomic E-state index is 0.0429. The van der Waals surface area contributed by atoms with Crippen molar-refractivity contribution in [3.05, 3.63) is 77.6 Å². The number of sulfonamides is 1. The third-order valence-corrected chi connectivity index (χ3v) is 5.22. The van der Waals surface area contributed by atoms with Gasteiger partial charge in [-0.05, 0) is 36.8 Å². The summed E-state index contributed by atoms with van der Waals surface area (Å²) in [6.45, 7) is 1.97. The molecule has 0 unspecified atom stereocenters. The molecule has 0 radical (unpaired) electrons. The summed E-state index contributed by atoms with van der Waals surface area (Å²) >= 11 is 0. The topological polar surface area (TPSA) is 98.3 Å². The number of para-hydroxylation sites is 1. The molecule has 8 heteroatoms. The normalized spacial score (nSPS) is 11.4. The van der Waals surface area contributed by atoms with Gasteiger partial charge in [-0.2, -0.15) is 5.10 Å². The predicted octanol–water partition coefficient (Wildman–Crippen LogP) is 2.10. The van der Waals surface area contributed by atoms with Crippen molar-refractivity contribution in [2.75, 3.05) is 7.05 Å². The lowest BCUT2D eigenvalue weighted by atomic mass is 10.1. The van der Waals surface area contributed by atoms with Crippen molar-refractivity contribution in [3.8, 4) is 5.69 Å². The van der Waals surface area contributed by atoms with Crippen LogP contribution in [0.4, 0.5) is 0 Å². The van der Waals surface area contributed by atoms with Crippen LogP contribution in [0, 0.1) is 6.92 Å². The molecule has 0 aliphatic heterocycles. The summed E-state index contributed by atoms with van der Waals surface area (Å²) in [5, 5.41) is 9.53. The smallest absolute Gasteiger partial charge is 0.253 e. The number of benzene rings is 2. The Morgan fingerprint density at radius 3 is 2.56 bits per heavy atom. The molecule has 3 aromatic rings. The van der Waals surface area contributed by atoms with Gasteiger partial charge in [-0.3, -0.25) is 4.79 Å². The van der Waals surface area contributed by atoms with Crippen molar-refractivity contribution < 1.29 is 13.2 Å². The zero-order valence-corrected chi connectivity index (χ0v) is 15.8. The van der Waals surface area contributed by atoms with E-state index in [0.717, 1.165) is 11.3 Å². The van der Waals surface area contributed by atoms with E-state index in [1.165, 1.54) is 11.0 Å². The fourth-order valence-electron chi connectivity index (χ4n) is 2.77. The van der Waals surface area contributed by atoms with Crippen molar-refractivity contribution in [2.45, 2.75) is 18.4 Å². The summed E-state index contributed by atoms with van der Waals surface area (Å²) < 4.78 is 25.1. The van der Waals surface area contributed by atoms with Crippen molar-refractivity contribution in [3.63, 3.8) is 0 Å². The van der Waals surface area contributed by atoms with E-state index in [0.29, 0.717) is 12.1 Å². The number of carbonyl (C=O) groups is 1. The summed E-state index contributed by atoms with van der Waals surface area (Å²) in [4.78, 5) is 14.1. The van der Waals surface area contributed by atoms with Gasteiger partial charge in [-0.25, -0.2) is 18.2 Å². The van der Waals surface area contributed by atoms with E-state index in [9.17, 15) is 13.2 Å². The standard InChI is InChI=1S/C19H20N4O3S/c1-14-8-9-16(10-18(14)27(20,25)26)19(24)22(2)12-15-11-21-23(13-15)17-6-4-3-5-7-17/h3-11,13H,12H2,1-2H3,(H2,20,25,26). The quantitative estimate of drug-likeness (QED) is 0.728. The molecule has 0 saturated heterocycles. The number of amides is 1. The Morgan fingerprint density at radius 2 is 1.89 bits per heavy atom. The second kappa shape index (κ2) is 7.34. The lowest BCUT2D eigenvalue weighted by molar-refractivity contribution is 0.0785. The highest BCUT2D eigenvalue weighted by molar-refractivity contribution is 7.89. The van der Waals surface area contributed by atoms with E-state index in [1.807, 2.05) is 36.5 Å². The van der Waals surface area contributed by atoms with Gasteiger partial charge in [0.1, 0.15) is 0 Å². The molecule has 0 atom stereocenters. The molecule has 1 aromatic heterocycles. The molecular formula is C19H20N4O3S. The fourth-order valence-corrected chi connectivity index (χ4v) is 3.58. The number of hydrogen-bond acceptors (Lipinski definition) is 4. The van der Waals surface area contributed by atoms with E-state index in [4.69, 9.17) is 5.14 Å². The number of nitrogens with two attached hydrogens (primary N) is 1. The van der Waals surface area contributed by atoms with Crippen LogP contribution in [0.1, 0.15) is 21.5 Å². The van der Waals surface area contributed by atoms with Crippen molar-refractivity contribution in [2.24, 2.45) is 5.14 Å². The van der Waals surface area contributed by atoms with Crippen LogP contribution >= 0.6 is 0 Å². The first-order valence-electron chi connectivity index (χ1n) is 8.23. The summed E-state index contributed by atoms with van der Waals surface area (Å²) in [5.41, 5.74) is 2.55. The number of nitrogens with zero attached hydrogens (tertiary/aromatic N) is 3. The molecule has 27 heavy (non-hydrogen) atoms. The second-order valence-corrected chi connectivity index (χ2v) is 7.85. The molecule has 0 spiro atoms. The minimum Gasteiger partial charge on any atom is -0.337 e. The Labute approximate surface area is 158 Å². The third kappa shape index (κ3) is 4.24. The van der Waals surface area contributed by atoms with Gasteiger partial charge in [0.25, 0.3) is 5.91 Å². The van der Waals surface area contributed by atoms with Gasteiger partial charge in [0.2, 0.25) is 10.0 Å². The number of carbonyl (C=O) groups excluding carboxylic acids is 1. The number of hydrogen-bond donors (Lipinski definition) is 1. The first kappa shape index (κ1) is 18.8. The predicted molar refractivity (Wildman–Crippen MR) is 102 cm³/mol. The lowest BCUT2D eigenvalue weighted by Crippen LogP contribution is -2.26. The fraction of sp³-hybridized carbons (Fsp3) is 0.158. The van der Waals surface area contributed by atoms with Crippen LogP contribution in [0.15, 0.2) is 65.8 Å². The van der Waals surface area contributed by atoms with Crippen LogP contribution in [-0.4, -0.2) is 36.1 Å². The molecule has 0 fully saturated rings. The molecule has 140 valence electrons. The average molecular weight is 384 g/mol. The summed E-state index contributed by atoms with van der Waals surface area (Å²) in [6.07, 6.45) is 3.55. The maximum atomic E-state index is 12.7. The Hall–Kier alpha value is -2.97. The third-order valence-electron chi connectivity index (χ3n) is 4.16. The van der Waals surface area contributed by atoms with Gasteiger partial charge in [0.05, 0.1) is 16.8 Å². The molecule has 2 aromatic carbocycles. The van der Waals surface area contributed by atoms with Crippen LogP contribution in [-0.2, 0) is 16.6 Å². The molecule has 1 amide bonds. The average Bonchev–Trinajstić information content (AvgIpc) is 3.09. The summed E-state index contributed by atoms with van der Waals surface area (Å²) in [7, 11) is -2.23. The van der Waals surface area contributed by atoms with E-state index in [-0.39, 0.29) is 16.4 Å². The lowest BCUT2D eigenvalue weighted by Gasteiger charge is -2.17. The van der Waals surface area contributed by atoms with Gasteiger partial charge in [-0.1, -0.05) is 24.3 Å². The van der Waals surface area contributed by atoms with E-state index in [2.05, 4.69) is 5.10 Å². The zero-order valence-electron chi connectivity index (χ0n) is 15.0. The number of aryl methyl sites for hydroxylation is 1. The van der Waals surface area contributed by atoms with E-state index >= 15 is 0 Å². The second-order valence-electron chi connectivity index (χ2n) is 6.32. The minimum atomic E-state index is -3.89. The van der Waals surface area contributed by atoms with Gasteiger partial charge in [0.15, 0.2) is 0 Å². The molecule has 0 aliphatic rings. The number of rotatable bonds is 5. The number of aromatic nitrogens is 2. The summed E-state index contributed by atoms with van der Waals surface area (Å²) in [5.74, 6) is -0.299. The van der Waals surface area contributed by atoms with Crippen LogP contribution in [0.5, 0.6) is 0 Å². The highest BCUT2D eigenvalue weighted by atomic mass is 32.2. The summed E-state index contributed by atoms with van der Waals surface area (Å²) in [6, 6.07) is 14.1. The van der Waals surface area contributed by atoms with Crippen LogP contribution in [0.2, 0.25) is 0 Å². The SMILES string of the molecule is Cc1ccc(C(=O)N(C)Cc2cnn(-c3ccccc3)c2)cc1S(N)(=O)=O. The van der Waals surface area contributed by atoms with Crippen molar-refractivity contribution in [1.82, 2.24) is 14.7 Å². The van der Waals surface area contributed by atoms with Crippen molar-refractivity contribution >= 4 is 15.9 Å². The molecule has 0 saturated carbocycles. The zero-order chi connectivity index (χ0) is 19.6. The van der Waals surface area contributed by atoms with Crippen LogP contribution in [0.3, 0.4) is 0 Å². The Morgan fingerprint density at radius 1 is 1.19 bits per heavy atom. The van der Waals surface area contributed by atoms with Crippen molar-refractivity contribution in [1.29, 1.82) is 0 Å². The molecule has 2 N–H and O–H groups in total. The van der Waals surface area contributed by atoms with Crippen LogP contribution in [0.25, 0.3) is 5.69 Å². The molecule has 0 bridgehead atoms. The number of primary sulfonamides is 1. The Bertz CT molecular complexity index is 1080. The first-order chi connectivity index (χ1) is 12.8. The molecule has 0 aliphatic carbocycles.